The summed E-state index contributed by atoms with van der Waals surface area (Å²) in [7, 11) is 0. The van der Waals surface area contributed by atoms with Crippen molar-refractivity contribution >= 4 is 22.8 Å². The Hall–Kier alpha value is -2.14. The van der Waals surface area contributed by atoms with E-state index < -0.39 is 0 Å². The third-order valence-corrected chi connectivity index (χ3v) is 3.93. The van der Waals surface area contributed by atoms with Crippen LogP contribution in [0.3, 0.4) is 0 Å². The second-order valence-electron chi connectivity index (χ2n) is 5.14. The summed E-state index contributed by atoms with van der Waals surface area (Å²) in [6, 6.07) is 6.20. The van der Waals surface area contributed by atoms with Gasteiger partial charge in [-0.05, 0) is 60.5 Å². The Morgan fingerprint density at radius 2 is 1.95 bits per heavy atom. The number of hydrogen-bond donors (Lipinski definition) is 1. The van der Waals surface area contributed by atoms with Crippen LogP contribution >= 0.6 is 11.6 Å². The van der Waals surface area contributed by atoms with Crippen LogP contribution < -0.4 is 4.74 Å². The first kappa shape index (κ1) is 12.6. The Kier molecular flexibility index (Phi) is 3.00. The van der Waals surface area contributed by atoms with Crippen LogP contribution in [0, 0.1) is 0 Å². The van der Waals surface area contributed by atoms with Gasteiger partial charge in [-0.1, -0.05) is 6.07 Å². The highest BCUT2D eigenvalue weighted by molar-refractivity contribution is 6.28. The normalized spacial score (nSPS) is 14.1. The van der Waals surface area contributed by atoms with Gasteiger partial charge in [-0.15, -0.1) is 0 Å². The van der Waals surface area contributed by atoms with Crippen LogP contribution in [0.5, 0.6) is 11.6 Å². The van der Waals surface area contributed by atoms with E-state index in [0.29, 0.717) is 17.0 Å². The number of H-pyrrole nitrogens is 1. The number of ether oxygens (including phenoxy) is 1. The Balaban J connectivity index is 1.72. The van der Waals surface area contributed by atoms with E-state index in [1.165, 1.54) is 24.0 Å². The molecule has 5 nitrogen and oxygen atoms in total. The molecular formula is C15H13ClN4O. The molecule has 0 saturated carbocycles. The fourth-order valence-electron chi connectivity index (χ4n) is 2.74. The molecule has 0 aliphatic heterocycles. The Morgan fingerprint density at radius 1 is 1.10 bits per heavy atom. The summed E-state index contributed by atoms with van der Waals surface area (Å²) in [5.41, 5.74) is 3.93. The van der Waals surface area contributed by atoms with Gasteiger partial charge in [0.2, 0.25) is 11.2 Å². The molecule has 0 saturated heterocycles. The van der Waals surface area contributed by atoms with E-state index in [4.69, 9.17) is 16.3 Å². The van der Waals surface area contributed by atoms with Gasteiger partial charge in [0.25, 0.3) is 0 Å². The first-order chi connectivity index (χ1) is 10.3. The minimum atomic E-state index is 0.127. The van der Waals surface area contributed by atoms with E-state index in [1.807, 2.05) is 6.07 Å². The highest BCUT2D eigenvalue weighted by atomic mass is 35.5. The minimum Gasteiger partial charge on any atom is -0.437 e. The lowest BCUT2D eigenvalue weighted by molar-refractivity contribution is 0.465. The number of fused-ring (bicyclic) bond motifs is 2. The lowest BCUT2D eigenvalue weighted by atomic mass is 9.92. The highest BCUT2D eigenvalue weighted by Gasteiger charge is 2.13. The highest BCUT2D eigenvalue weighted by Crippen LogP contribution is 2.30. The number of aryl methyl sites for hydroxylation is 2. The molecular weight excluding hydrogens is 288 g/mol. The van der Waals surface area contributed by atoms with Crippen LogP contribution in [0.2, 0.25) is 5.28 Å². The number of imidazole rings is 1. The van der Waals surface area contributed by atoms with Crippen LogP contribution in [-0.4, -0.2) is 19.9 Å². The molecule has 1 aromatic carbocycles. The number of aromatic nitrogens is 4. The maximum absolute atomic E-state index is 5.91. The molecule has 1 aliphatic carbocycles. The molecule has 2 aromatic heterocycles. The van der Waals surface area contributed by atoms with Crippen molar-refractivity contribution < 1.29 is 4.74 Å². The number of nitrogens with zero attached hydrogens (tertiary/aromatic N) is 3. The number of hydrogen-bond acceptors (Lipinski definition) is 4. The third-order valence-electron chi connectivity index (χ3n) is 3.76. The second-order valence-corrected chi connectivity index (χ2v) is 5.48. The fourth-order valence-corrected chi connectivity index (χ4v) is 2.90. The van der Waals surface area contributed by atoms with Gasteiger partial charge in [0, 0.05) is 0 Å². The van der Waals surface area contributed by atoms with Crippen molar-refractivity contribution in [2.75, 3.05) is 0 Å². The molecule has 0 amide bonds. The van der Waals surface area contributed by atoms with Crippen molar-refractivity contribution in [3.8, 4) is 11.6 Å². The van der Waals surface area contributed by atoms with Crippen molar-refractivity contribution in [2.45, 2.75) is 25.7 Å². The van der Waals surface area contributed by atoms with Crippen molar-refractivity contribution in [3.63, 3.8) is 0 Å². The molecule has 1 N–H and O–H groups in total. The fraction of sp³-hybridized carbons (Fsp3) is 0.267. The predicted octanol–water partition coefficient (Wildman–Crippen LogP) is 3.68. The largest absolute Gasteiger partial charge is 0.437 e. The first-order valence-corrected chi connectivity index (χ1v) is 7.34. The summed E-state index contributed by atoms with van der Waals surface area (Å²) in [5.74, 6) is 1.17. The zero-order valence-corrected chi connectivity index (χ0v) is 12.0. The summed E-state index contributed by atoms with van der Waals surface area (Å²) in [5, 5.41) is 0.127. The molecule has 2 heterocycles. The van der Waals surface area contributed by atoms with Crippen LogP contribution in [-0.2, 0) is 12.8 Å². The average molecular weight is 301 g/mol. The first-order valence-electron chi connectivity index (χ1n) is 6.96. The van der Waals surface area contributed by atoms with Gasteiger partial charge in [-0.25, -0.2) is 4.98 Å². The van der Waals surface area contributed by atoms with E-state index in [-0.39, 0.29) is 5.28 Å². The molecule has 0 unspecified atom stereocenters. The van der Waals surface area contributed by atoms with Crippen molar-refractivity contribution in [1.29, 1.82) is 0 Å². The number of halogens is 1. The van der Waals surface area contributed by atoms with E-state index >= 15 is 0 Å². The predicted molar refractivity (Wildman–Crippen MR) is 79.9 cm³/mol. The zero-order chi connectivity index (χ0) is 14.2. The van der Waals surface area contributed by atoms with Gasteiger partial charge in [0.1, 0.15) is 11.3 Å². The molecule has 4 rings (SSSR count). The number of rotatable bonds is 2. The Morgan fingerprint density at radius 3 is 2.86 bits per heavy atom. The van der Waals surface area contributed by atoms with Gasteiger partial charge >= 0.3 is 0 Å². The van der Waals surface area contributed by atoms with Gasteiger partial charge < -0.3 is 9.72 Å². The van der Waals surface area contributed by atoms with Gasteiger partial charge in [0.15, 0.2) is 5.65 Å². The van der Waals surface area contributed by atoms with E-state index in [2.05, 4.69) is 32.1 Å². The Bertz CT molecular complexity index is 815. The average Bonchev–Trinajstić information content (AvgIpc) is 2.95. The second kappa shape index (κ2) is 5.00. The standard InChI is InChI=1S/C15H13ClN4O/c16-15-19-13-12(17-8-18-13)14(20-15)21-11-6-5-9-3-1-2-4-10(9)7-11/h5-8H,1-4H2,(H,17,18,19,20). The maximum atomic E-state index is 5.91. The van der Waals surface area contributed by atoms with Crippen LogP contribution in [0.15, 0.2) is 24.5 Å². The molecule has 0 radical (unpaired) electrons. The van der Waals surface area contributed by atoms with E-state index in [1.54, 1.807) is 6.33 Å². The number of nitrogens with one attached hydrogen (secondary N) is 1. The molecule has 0 bridgehead atoms. The summed E-state index contributed by atoms with van der Waals surface area (Å²) < 4.78 is 5.89. The molecule has 0 atom stereocenters. The summed E-state index contributed by atoms with van der Waals surface area (Å²) in [6.45, 7) is 0. The molecule has 106 valence electrons. The van der Waals surface area contributed by atoms with Crippen LogP contribution in [0.25, 0.3) is 11.2 Å². The molecule has 0 spiro atoms. The molecule has 21 heavy (non-hydrogen) atoms. The van der Waals surface area contributed by atoms with Gasteiger partial charge in [-0.3, -0.25) is 0 Å². The molecule has 1 aliphatic rings. The third kappa shape index (κ3) is 2.34. The molecule has 0 fully saturated rings. The van der Waals surface area contributed by atoms with Crippen LogP contribution in [0.4, 0.5) is 0 Å². The van der Waals surface area contributed by atoms with Gasteiger partial charge in [-0.2, -0.15) is 9.97 Å². The summed E-state index contributed by atoms with van der Waals surface area (Å²) in [6.07, 6.45) is 6.32. The lowest BCUT2D eigenvalue weighted by Gasteiger charge is -2.16. The minimum absolute atomic E-state index is 0.127. The van der Waals surface area contributed by atoms with E-state index in [0.717, 1.165) is 18.6 Å². The van der Waals surface area contributed by atoms with Crippen molar-refractivity contribution in [1.82, 2.24) is 19.9 Å². The monoisotopic (exact) mass is 300 g/mol. The number of benzene rings is 1. The Labute approximate surface area is 126 Å². The van der Waals surface area contributed by atoms with E-state index in [9.17, 15) is 0 Å². The summed E-state index contributed by atoms with van der Waals surface area (Å²) >= 11 is 5.91. The smallest absolute Gasteiger partial charge is 0.250 e. The molecule has 6 heteroatoms. The zero-order valence-electron chi connectivity index (χ0n) is 11.3. The maximum Gasteiger partial charge on any atom is 0.250 e. The van der Waals surface area contributed by atoms with Gasteiger partial charge in [0.05, 0.1) is 6.33 Å². The topological polar surface area (TPSA) is 63.7 Å². The van der Waals surface area contributed by atoms with Crippen molar-refractivity contribution in [2.24, 2.45) is 0 Å². The lowest BCUT2D eigenvalue weighted by Crippen LogP contribution is -2.02. The quantitative estimate of drug-likeness (QED) is 0.733. The number of aromatic amines is 1. The van der Waals surface area contributed by atoms with Crippen molar-refractivity contribution in [3.05, 3.63) is 40.9 Å². The SMILES string of the molecule is Clc1nc(Oc2ccc3c(c2)CCCC3)c2[nH]cnc2n1. The van der Waals surface area contributed by atoms with Crippen LogP contribution in [0.1, 0.15) is 24.0 Å². The molecule has 3 aromatic rings. The summed E-state index contributed by atoms with van der Waals surface area (Å²) in [4.78, 5) is 15.2.